The molecule has 3 saturated carbocycles. The van der Waals surface area contributed by atoms with Crippen LogP contribution in [0.15, 0.2) is 42.5 Å². The summed E-state index contributed by atoms with van der Waals surface area (Å²) in [5, 5.41) is 6.20. The summed E-state index contributed by atoms with van der Waals surface area (Å²) in [6.07, 6.45) is 2.40. The lowest BCUT2D eigenvalue weighted by Gasteiger charge is -2.39. The molecular formula is C24H27ClFN3O3. The molecule has 2 aromatic carbocycles. The molecule has 0 heterocycles. The normalized spacial score (nSPS) is 23.5. The number of nitrogens with one attached hydrogen (secondary N) is 2. The SMILES string of the molecule is CN(C)Cc1cccc(C(=O)NC23CC(C2)C(NC(=O)COc2ccc(Cl)c(F)c2)C3)c1. The standard InChI is InChI=1S/C24H27ClFN3O3/c1-29(2)13-15-4-3-5-16(8-15)23(31)28-24-10-17(11-24)21(12-24)27-22(30)14-32-18-6-7-19(25)20(26)9-18/h3-9,17,21H,10-14H2,1-2H3,(H,27,30)(H,28,31). The number of rotatable bonds is 8. The molecule has 0 radical (unpaired) electrons. The molecule has 3 aliphatic rings. The number of halogens is 2. The smallest absolute Gasteiger partial charge is 0.258 e. The molecule has 0 saturated heterocycles. The minimum atomic E-state index is -0.592. The molecule has 1 atom stereocenters. The van der Waals surface area contributed by atoms with Gasteiger partial charge in [-0.2, -0.15) is 0 Å². The molecule has 2 amide bonds. The average molecular weight is 460 g/mol. The minimum absolute atomic E-state index is 0.00398. The van der Waals surface area contributed by atoms with Gasteiger partial charge in [-0.3, -0.25) is 9.59 Å². The number of carbonyl (C=O) groups is 2. The monoisotopic (exact) mass is 459 g/mol. The van der Waals surface area contributed by atoms with Gasteiger partial charge in [-0.1, -0.05) is 23.7 Å². The zero-order valence-corrected chi connectivity index (χ0v) is 18.9. The lowest BCUT2D eigenvalue weighted by molar-refractivity contribution is -0.124. The lowest BCUT2D eigenvalue weighted by atomic mass is 9.76. The molecule has 170 valence electrons. The summed E-state index contributed by atoms with van der Waals surface area (Å²) in [5.74, 6) is -0.351. The van der Waals surface area contributed by atoms with Gasteiger partial charge in [0.25, 0.3) is 11.8 Å². The van der Waals surface area contributed by atoms with Gasteiger partial charge in [-0.15, -0.1) is 0 Å². The van der Waals surface area contributed by atoms with E-state index in [0.29, 0.717) is 17.9 Å². The van der Waals surface area contributed by atoms with E-state index in [1.165, 1.54) is 12.1 Å². The second-order valence-electron chi connectivity index (χ2n) is 9.08. The van der Waals surface area contributed by atoms with E-state index >= 15 is 0 Å². The topological polar surface area (TPSA) is 70.7 Å². The van der Waals surface area contributed by atoms with Gasteiger partial charge in [0.1, 0.15) is 11.6 Å². The number of hydrogen-bond donors (Lipinski definition) is 2. The predicted molar refractivity (Wildman–Crippen MR) is 120 cm³/mol. The van der Waals surface area contributed by atoms with Gasteiger partial charge in [0, 0.05) is 29.8 Å². The molecule has 3 fully saturated rings. The summed E-state index contributed by atoms with van der Waals surface area (Å²) in [5.41, 5.74) is 1.47. The number of carbonyl (C=O) groups excluding carboxylic acids is 2. The van der Waals surface area contributed by atoms with Crippen molar-refractivity contribution in [2.75, 3.05) is 20.7 Å². The van der Waals surface area contributed by atoms with Crippen molar-refractivity contribution in [2.24, 2.45) is 5.92 Å². The third-order valence-electron chi connectivity index (χ3n) is 6.16. The zero-order valence-electron chi connectivity index (χ0n) is 18.2. The number of hydrogen-bond acceptors (Lipinski definition) is 4. The van der Waals surface area contributed by atoms with Gasteiger partial charge in [0.05, 0.1) is 5.02 Å². The van der Waals surface area contributed by atoms with Crippen LogP contribution in [-0.4, -0.2) is 49.0 Å². The predicted octanol–water partition coefficient (Wildman–Crippen LogP) is 3.39. The molecule has 2 bridgehead atoms. The summed E-state index contributed by atoms with van der Waals surface area (Å²) in [7, 11) is 3.98. The van der Waals surface area contributed by atoms with Crippen LogP contribution >= 0.6 is 11.6 Å². The van der Waals surface area contributed by atoms with Crippen LogP contribution < -0.4 is 15.4 Å². The Bertz CT molecular complexity index is 1020. The number of fused-ring (bicyclic) bond motifs is 1. The molecule has 5 rings (SSSR count). The summed E-state index contributed by atoms with van der Waals surface area (Å²) in [6.45, 7) is 0.565. The third kappa shape index (κ3) is 5.05. The Morgan fingerprint density at radius 2 is 1.97 bits per heavy atom. The number of nitrogens with zero attached hydrogens (tertiary/aromatic N) is 1. The Kier molecular flexibility index (Phi) is 6.40. The highest BCUT2D eigenvalue weighted by Gasteiger charge is 2.57. The van der Waals surface area contributed by atoms with E-state index in [-0.39, 0.29) is 40.8 Å². The molecule has 2 aromatic rings. The molecule has 8 heteroatoms. The van der Waals surface area contributed by atoms with Crippen molar-refractivity contribution in [2.45, 2.75) is 37.4 Å². The van der Waals surface area contributed by atoms with Crippen LogP contribution in [0.2, 0.25) is 5.02 Å². The van der Waals surface area contributed by atoms with Crippen molar-refractivity contribution in [3.63, 3.8) is 0 Å². The van der Waals surface area contributed by atoms with Crippen LogP contribution in [0.25, 0.3) is 0 Å². The number of ether oxygens (including phenoxy) is 1. The van der Waals surface area contributed by atoms with Crippen LogP contribution in [0.3, 0.4) is 0 Å². The largest absolute Gasteiger partial charge is 0.484 e. The van der Waals surface area contributed by atoms with E-state index in [0.717, 1.165) is 31.0 Å². The number of benzene rings is 2. The van der Waals surface area contributed by atoms with Crippen LogP contribution in [0, 0.1) is 11.7 Å². The van der Waals surface area contributed by atoms with Gasteiger partial charge in [-0.25, -0.2) is 4.39 Å². The first-order valence-electron chi connectivity index (χ1n) is 10.7. The van der Waals surface area contributed by atoms with E-state index in [9.17, 15) is 14.0 Å². The Morgan fingerprint density at radius 1 is 1.19 bits per heavy atom. The Labute approximate surface area is 192 Å². The second-order valence-corrected chi connectivity index (χ2v) is 9.49. The van der Waals surface area contributed by atoms with E-state index in [1.54, 1.807) is 0 Å². The first kappa shape index (κ1) is 22.6. The summed E-state index contributed by atoms with van der Waals surface area (Å²) >= 11 is 5.65. The Morgan fingerprint density at radius 3 is 2.69 bits per heavy atom. The van der Waals surface area contributed by atoms with Crippen LogP contribution in [0.5, 0.6) is 5.75 Å². The summed E-state index contributed by atoms with van der Waals surface area (Å²) in [6, 6.07) is 11.7. The Balaban J connectivity index is 1.28. The summed E-state index contributed by atoms with van der Waals surface area (Å²) < 4.78 is 18.9. The molecule has 0 aromatic heterocycles. The van der Waals surface area contributed by atoms with Gasteiger partial charge in [0.15, 0.2) is 6.61 Å². The molecular weight excluding hydrogens is 433 g/mol. The van der Waals surface area contributed by atoms with Crippen LogP contribution in [0.4, 0.5) is 4.39 Å². The highest BCUT2D eigenvalue weighted by atomic mass is 35.5. The maximum Gasteiger partial charge on any atom is 0.258 e. The molecule has 1 unspecified atom stereocenters. The van der Waals surface area contributed by atoms with Gasteiger partial charge >= 0.3 is 0 Å². The van der Waals surface area contributed by atoms with E-state index in [4.69, 9.17) is 16.3 Å². The first-order chi connectivity index (χ1) is 15.2. The van der Waals surface area contributed by atoms with Gasteiger partial charge in [0.2, 0.25) is 0 Å². The lowest BCUT2D eigenvalue weighted by Crippen LogP contribution is -2.51. The van der Waals surface area contributed by atoms with Crippen LogP contribution in [-0.2, 0) is 11.3 Å². The van der Waals surface area contributed by atoms with Crippen molar-refractivity contribution in [1.29, 1.82) is 0 Å². The fraction of sp³-hybridized carbons (Fsp3) is 0.417. The van der Waals surface area contributed by atoms with Gasteiger partial charge in [-0.05, 0) is 69.1 Å². The Hall–Kier alpha value is -2.64. The zero-order chi connectivity index (χ0) is 22.9. The highest BCUT2D eigenvalue weighted by Crippen LogP contribution is 2.52. The maximum absolute atomic E-state index is 13.5. The fourth-order valence-electron chi connectivity index (χ4n) is 4.76. The van der Waals surface area contributed by atoms with Crippen molar-refractivity contribution >= 4 is 23.4 Å². The molecule has 0 spiro atoms. The van der Waals surface area contributed by atoms with Crippen LogP contribution in [0.1, 0.15) is 35.2 Å². The van der Waals surface area contributed by atoms with Crippen molar-refractivity contribution < 1.29 is 18.7 Å². The highest BCUT2D eigenvalue weighted by molar-refractivity contribution is 6.30. The number of amides is 2. The van der Waals surface area contributed by atoms with Crippen molar-refractivity contribution in [1.82, 2.24) is 15.5 Å². The third-order valence-corrected chi connectivity index (χ3v) is 6.47. The minimum Gasteiger partial charge on any atom is -0.484 e. The van der Waals surface area contributed by atoms with E-state index in [2.05, 4.69) is 15.5 Å². The summed E-state index contributed by atoms with van der Waals surface area (Å²) in [4.78, 5) is 27.2. The quantitative estimate of drug-likeness (QED) is 0.635. The molecule has 6 nitrogen and oxygen atoms in total. The molecule has 2 N–H and O–H groups in total. The second kappa shape index (κ2) is 9.08. The average Bonchev–Trinajstić information content (AvgIpc) is 3.22. The van der Waals surface area contributed by atoms with E-state index < -0.39 is 5.82 Å². The van der Waals surface area contributed by atoms with E-state index in [1.807, 2.05) is 38.4 Å². The fourth-order valence-corrected chi connectivity index (χ4v) is 4.88. The van der Waals surface area contributed by atoms with Crippen molar-refractivity contribution in [3.8, 4) is 5.75 Å². The molecule has 3 aliphatic carbocycles. The van der Waals surface area contributed by atoms with Gasteiger partial charge < -0.3 is 20.3 Å². The molecule has 0 aliphatic heterocycles. The molecule has 32 heavy (non-hydrogen) atoms. The van der Waals surface area contributed by atoms with Crippen molar-refractivity contribution in [3.05, 3.63) is 64.4 Å². The maximum atomic E-state index is 13.5. The first-order valence-corrected chi connectivity index (χ1v) is 11.0.